The predicted octanol–water partition coefficient (Wildman–Crippen LogP) is 5.51. The maximum absolute atomic E-state index is 4.29. The second kappa shape index (κ2) is 6.85. The highest BCUT2D eigenvalue weighted by Crippen LogP contribution is 2.31. The molecule has 0 unspecified atom stereocenters. The summed E-state index contributed by atoms with van der Waals surface area (Å²) in [5.41, 5.74) is 2.90. The molecule has 96 valence electrons. The Kier molecular flexibility index (Phi) is 4.86. The zero-order valence-electron chi connectivity index (χ0n) is 10.9. The molecule has 0 aliphatic rings. The molecule has 0 atom stereocenters. The smallest absolute Gasteiger partial charge is 0.101 e. The minimum Gasteiger partial charge on any atom is -0.224 e. The molecule has 0 fully saturated rings. The first-order valence-corrected chi connectivity index (χ1v) is 6.79. The van der Waals surface area contributed by atoms with E-state index in [1.54, 1.807) is 6.21 Å². The van der Waals surface area contributed by atoms with Crippen molar-refractivity contribution < 1.29 is 0 Å². The van der Waals surface area contributed by atoms with Gasteiger partial charge >= 0.3 is 0 Å². The van der Waals surface area contributed by atoms with Crippen molar-refractivity contribution in [3.05, 3.63) is 54.1 Å². The minimum absolute atomic E-state index is 0.832. The Labute approximate surface area is 117 Å². The van der Waals surface area contributed by atoms with Gasteiger partial charge in [0.15, 0.2) is 0 Å². The van der Waals surface area contributed by atoms with E-state index in [1.165, 1.54) is 17.5 Å². The molecule has 0 radical (unpaired) electrons. The average Bonchev–Trinajstić information content (AvgIpc) is 2.45. The molecular weight excluding hydrogens is 254 g/mol. The molecule has 2 aromatic rings. The van der Waals surface area contributed by atoms with E-state index in [0.717, 1.165) is 16.3 Å². The van der Waals surface area contributed by atoms with Crippen LogP contribution in [0.2, 0.25) is 0 Å². The number of benzene rings is 2. The van der Waals surface area contributed by atoms with Crippen molar-refractivity contribution in [3.63, 3.8) is 0 Å². The number of aryl methyl sites for hydroxylation is 1. The zero-order valence-corrected chi connectivity index (χ0v) is 11.8. The predicted molar refractivity (Wildman–Crippen MR) is 81.8 cm³/mol. The number of hydrogen-bond acceptors (Lipinski definition) is 4. The van der Waals surface area contributed by atoms with E-state index in [1.807, 2.05) is 55.5 Å². The third-order valence-electron chi connectivity index (χ3n) is 2.43. The summed E-state index contributed by atoms with van der Waals surface area (Å²) in [4.78, 5) is 0.997. The number of hydrogen-bond donors (Lipinski definition) is 0. The first kappa shape index (κ1) is 13.5. The summed E-state index contributed by atoms with van der Waals surface area (Å²) >= 11 is 1.40. The van der Waals surface area contributed by atoms with E-state index < -0.39 is 0 Å². The van der Waals surface area contributed by atoms with Crippen LogP contribution in [0.25, 0.3) is 0 Å². The molecule has 2 aromatic carbocycles. The minimum atomic E-state index is 0.832. The monoisotopic (exact) mass is 269 g/mol. The van der Waals surface area contributed by atoms with Gasteiger partial charge < -0.3 is 0 Å². The lowest BCUT2D eigenvalue weighted by Gasteiger charge is -1.99. The Morgan fingerprint density at radius 3 is 2.42 bits per heavy atom. The van der Waals surface area contributed by atoms with Gasteiger partial charge in [-0.1, -0.05) is 29.8 Å². The average molecular weight is 269 g/mol. The molecule has 4 heteroatoms. The Morgan fingerprint density at radius 2 is 1.68 bits per heavy atom. The normalized spacial score (nSPS) is 11.5. The van der Waals surface area contributed by atoms with Gasteiger partial charge in [-0.15, -0.1) is 5.11 Å². The molecule has 0 saturated heterocycles. The SMILES string of the molecule is C/C=N/Sc1ccccc1N=Nc1ccc(C)cc1. The van der Waals surface area contributed by atoms with Crippen molar-refractivity contribution in [3.8, 4) is 0 Å². The van der Waals surface area contributed by atoms with E-state index in [9.17, 15) is 0 Å². The van der Waals surface area contributed by atoms with Crippen molar-refractivity contribution in [2.75, 3.05) is 0 Å². The summed E-state index contributed by atoms with van der Waals surface area (Å²) in [6.45, 7) is 3.94. The van der Waals surface area contributed by atoms with Gasteiger partial charge in [-0.2, -0.15) is 5.11 Å². The van der Waals surface area contributed by atoms with E-state index in [-0.39, 0.29) is 0 Å². The van der Waals surface area contributed by atoms with Gasteiger partial charge in [0.1, 0.15) is 5.69 Å². The van der Waals surface area contributed by atoms with Gasteiger partial charge in [-0.05, 0) is 38.1 Å². The molecule has 0 bridgehead atoms. The van der Waals surface area contributed by atoms with Crippen molar-refractivity contribution in [1.29, 1.82) is 0 Å². The Bertz CT molecular complexity index is 589. The van der Waals surface area contributed by atoms with Crippen LogP contribution in [0.4, 0.5) is 11.4 Å². The topological polar surface area (TPSA) is 37.1 Å². The van der Waals surface area contributed by atoms with Crippen molar-refractivity contribution in [2.45, 2.75) is 18.7 Å². The molecule has 19 heavy (non-hydrogen) atoms. The van der Waals surface area contributed by atoms with Crippen molar-refractivity contribution >= 4 is 29.5 Å². The second-order valence-corrected chi connectivity index (χ2v) is 4.79. The van der Waals surface area contributed by atoms with Gasteiger partial charge in [0.2, 0.25) is 0 Å². The van der Waals surface area contributed by atoms with E-state index >= 15 is 0 Å². The van der Waals surface area contributed by atoms with Crippen LogP contribution in [-0.4, -0.2) is 6.21 Å². The Morgan fingerprint density at radius 1 is 0.947 bits per heavy atom. The highest BCUT2D eigenvalue weighted by molar-refractivity contribution is 7.98. The fraction of sp³-hybridized carbons (Fsp3) is 0.133. The van der Waals surface area contributed by atoms with Gasteiger partial charge in [-0.3, -0.25) is 0 Å². The molecular formula is C15H15N3S. The Hall–Kier alpha value is -1.94. The van der Waals surface area contributed by atoms with Crippen LogP contribution in [-0.2, 0) is 0 Å². The first-order chi connectivity index (χ1) is 9.29. The van der Waals surface area contributed by atoms with Gasteiger partial charge in [0.05, 0.1) is 10.6 Å². The van der Waals surface area contributed by atoms with Crippen molar-refractivity contribution in [2.24, 2.45) is 14.6 Å². The van der Waals surface area contributed by atoms with Gasteiger partial charge in [0, 0.05) is 18.2 Å². The quantitative estimate of drug-likeness (QED) is 0.409. The molecule has 0 aliphatic heterocycles. The number of rotatable bonds is 4. The molecule has 3 nitrogen and oxygen atoms in total. The first-order valence-electron chi connectivity index (χ1n) is 6.02. The Balaban J connectivity index is 2.20. The van der Waals surface area contributed by atoms with Crippen molar-refractivity contribution in [1.82, 2.24) is 0 Å². The largest absolute Gasteiger partial charge is 0.224 e. The third-order valence-corrected chi connectivity index (χ3v) is 3.29. The molecule has 0 aromatic heterocycles. The summed E-state index contributed by atoms with van der Waals surface area (Å²) in [5.74, 6) is 0. The lowest BCUT2D eigenvalue weighted by atomic mass is 10.2. The summed E-state index contributed by atoms with van der Waals surface area (Å²) in [5, 5.41) is 8.54. The zero-order chi connectivity index (χ0) is 13.5. The lowest BCUT2D eigenvalue weighted by Crippen LogP contribution is -1.72. The molecule has 0 aliphatic carbocycles. The standard InChI is InChI=1S/C15H15N3S/c1-3-16-19-15-7-5-4-6-14(15)18-17-13-10-8-12(2)9-11-13/h3-11H,1-2H3/b16-3+,18-17?. The van der Waals surface area contributed by atoms with Gasteiger partial charge in [-0.25, -0.2) is 4.40 Å². The highest BCUT2D eigenvalue weighted by Gasteiger charge is 2.00. The van der Waals surface area contributed by atoms with Crippen LogP contribution in [0.5, 0.6) is 0 Å². The summed E-state index contributed by atoms with van der Waals surface area (Å²) in [6, 6.07) is 15.8. The van der Waals surface area contributed by atoms with Crippen LogP contribution in [0.1, 0.15) is 12.5 Å². The molecule has 2 rings (SSSR count). The van der Waals surface area contributed by atoms with E-state index in [0.29, 0.717) is 0 Å². The number of nitrogens with zero attached hydrogens (tertiary/aromatic N) is 3. The lowest BCUT2D eigenvalue weighted by molar-refractivity contribution is 1.19. The maximum Gasteiger partial charge on any atom is 0.101 e. The summed E-state index contributed by atoms with van der Waals surface area (Å²) in [7, 11) is 0. The van der Waals surface area contributed by atoms with Crippen LogP contribution < -0.4 is 0 Å². The highest BCUT2D eigenvalue weighted by atomic mass is 32.2. The van der Waals surface area contributed by atoms with E-state index in [2.05, 4.69) is 21.5 Å². The second-order valence-electron chi connectivity index (χ2n) is 3.96. The molecule has 0 N–H and O–H groups in total. The van der Waals surface area contributed by atoms with Crippen LogP contribution in [0.15, 0.2) is 68.1 Å². The molecule has 0 saturated carbocycles. The molecule has 0 amide bonds. The van der Waals surface area contributed by atoms with Crippen LogP contribution in [0.3, 0.4) is 0 Å². The third kappa shape index (κ3) is 4.03. The van der Waals surface area contributed by atoms with E-state index in [4.69, 9.17) is 0 Å². The maximum atomic E-state index is 4.29. The fourth-order valence-electron chi connectivity index (χ4n) is 1.45. The number of azo groups is 1. The molecule has 0 heterocycles. The summed E-state index contributed by atoms with van der Waals surface area (Å²) in [6.07, 6.45) is 1.76. The van der Waals surface area contributed by atoms with Crippen LogP contribution >= 0.6 is 11.9 Å². The molecule has 0 spiro atoms. The van der Waals surface area contributed by atoms with Gasteiger partial charge in [0.25, 0.3) is 0 Å². The fourth-order valence-corrected chi connectivity index (χ4v) is 2.01. The summed E-state index contributed by atoms with van der Waals surface area (Å²) < 4.78 is 4.16. The van der Waals surface area contributed by atoms with Crippen LogP contribution in [0, 0.1) is 6.92 Å².